The fraction of sp³-hybridized carbons (Fsp3) is 0.217. The van der Waals surface area contributed by atoms with Gasteiger partial charge in [0.1, 0.15) is 11.3 Å². The number of benzene rings is 2. The molecule has 2 aromatic heterocycles. The molecule has 0 radical (unpaired) electrons. The van der Waals surface area contributed by atoms with Gasteiger partial charge in [0, 0.05) is 43.6 Å². The molecule has 4 aromatic rings. The van der Waals surface area contributed by atoms with Gasteiger partial charge in [-0.2, -0.15) is 4.98 Å². The van der Waals surface area contributed by atoms with Gasteiger partial charge in [-0.25, -0.2) is 18.1 Å². The van der Waals surface area contributed by atoms with Crippen molar-refractivity contribution in [3.05, 3.63) is 59.5 Å². The summed E-state index contributed by atoms with van der Waals surface area (Å²) in [7, 11) is -1.54. The fourth-order valence-corrected chi connectivity index (χ4v) is 5.47. The summed E-state index contributed by atoms with van der Waals surface area (Å²) in [6.07, 6.45) is 8.75. The molecule has 1 fully saturated rings. The second kappa shape index (κ2) is 10.2. The van der Waals surface area contributed by atoms with Crippen molar-refractivity contribution in [3.8, 4) is 0 Å². The van der Waals surface area contributed by atoms with Crippen molar-refractivity contribution >= 4 is 77.8 Å². The molecular formula is C23H23BrN8O2S2. The largest absolute Gasteiger partial charge is 0.337 e. The van der Waals surface area contributed by atoms with Crippen LogP contribution in [0, 0.1) is 0 Å². The zero-order chi connectivity index (χ0) is 25.3. The molecule has 1 aliphatic rings. The van der Waals surface area contributed by atoms with Crippen LogP contribution in [0.5, 0.6) is 0 Å². The SMILES string of the molecule is CSN(C)c1c(Nc2nc(Nc3ccc(S(=O)(=O)NC4CC4)cc3)ncc2Br)ccc2nccnc12. The van der Waals surface area contributed by atoms with E-state index < -0.39 is 10.0 Å². The molecule has 36 heavy (non-hydrogen) atoms. The van der Waals surface area contributed by atoms with E-state index >= 15 is 0 Å². The Hall–Kier alpha value is -3.00. The van der Waals surface area contributed by atoms with Crippen molar-refractivity contribution in [2.24, 2.45) is 0 Å². The van der Waals surface area contributed by atoms with Crippen LogP contribution in [0.3, 0.4) is 0 Å². The molecule has 0 unspecified atom stereocenters. The lowest BCUT2D eigenvalue weighted by atomic mass is 10.2. The third kappa shape index (κ3) is 5.38. The Morgan fingerprint density at radius 2 is 1.78 bits per heavy atom. The van der Waals surface area contributed by atoms with Crippen LogP contribution >= 0.6 is 27.9 Å². The van der Waals surface area contributed by atoms with E-state index in [1.807, 2.05) is 29.7 Å². The second-order valence-electron chi connectivity index (χ2n) is 8.13. The van der Waals surface area contributed by atoms with Gasteiger partial charge in [-0.1, -0.05) is 11.9 Å². The first-order valence-electron chi connectivity index (χ1n) is 11.0. The lowest BCUT2D eigenvalue weighted by molar-refractivity contribution is 0.581. The first kappa shape index (κ1) is 24.7. The van der Waals surface area contributed by atoms with Gasteiger partial charge >= 0.3 is 0 Å². The number of nitrogens with zero attached hydrogens (tertiary/aromatic N) is 5. The van der Waals surface area contributed by atoms with Gasteiger partial charge in [-0.05, 0) is 65.2 Å². The molecule has 3 N–H and O–H groups in total. The van der Waals surface area contributed by atoms with E-state index in [1.165, 1.54) is 0 Å². The number of anilines is 5. The van der Waals surface area contributed by atoms with Crippen LogP contribution in [0.2, 0.25) is 0 Å². The fourth-order valence-electron chi connectivity index (χ4n) is 3.51. The van der Waals surface area contributed by atoms with Gasteiger partial charge in [-0.15, -0.1) is 0 Å². The average molecular weight is 588 g/mol. The van der Waals surface area contributed by atoms with Gasteiger partial charge in [0.05, 0.1) is 26.3 Å². The van der Waals surface area contributed by atoms with Crippen LogP contribution in [0.4, 0.5) is 28.8 Å². The standard InChI is InChI=1S/C23H23BrN8O2S2/c1-32(35-2)21-19(10-9-18-20(21)26-12-11-25-18)29-22-17(24)13-27-23(30-22)28-14-5-7-16(8-6-14)36(33,34)31-15-3-4-15/h5-13,15,31H,3-4H2,1-2H3,(H2,27,28,29,30). The minimum atomic E-state index is -3.50. The molecule has 0 amide bonds. The smallest absolute Gasteiger partial charge is 0.240 e. The lowest BCUT2D eigenvalue weighted by Gasteiger charge is -2.21. The number of rotatable bonds is 9. The highest BCUT2D eigenvalue weighted by Gasteiger charge is 2.27. The second-order valence-corrected chi connectivity index (χ2v) is 11.6. The van der Waals surface area contributed by atoms with Crippen LogP contribution < -0.4 is 19.7 Å². The van der Waals surface area contributed by atoms with Gasteiger partial charge in [0.15, 0.2) is 0 Å². The molecule has 0 bridgehead atoms. The first-order valence-corrected chi connectivity index (χ1v) is 14.5. The third-order valence-electron chi connectivity index (χ3n) is 5.52. The Labute approximate surface area is 221 Å². The summed E-state index contributed by atoms with van der Waals surface area (Å²) in [6.45, 7) is 0. The number of aromatic nitrogens is 4. The van der Waals surface area contributed by atoms with Gasteiger partial charge < -0.3 is 14.9 Å². The third-order valence-corrected chi connectivity index (χ3v) is 8.37. The molecule has 10 nitrogen and oxygen atoms in total. The number of fused-ring (bicyclic) bond motifs is 1. The van der Waals surface area contributed by atoms with Crippen LogP contribution in [-0.2, 0) is 10.0 Å². The van der Waals surface area contributed by atoms with E-state index in [4.69, 9.17) is 0 Å². The van der Waals surface area contributed by atoms with Gasteiger partial charge in [0.25, 0.3) is 0 Å². The van der Waals surface area contributed by atoms with Gasteiger partial charge in [0.2, 0.25) is 16.0 Å². The molecule has 2 aromatic carbocycles. The predicted octanol–water partition coefficient (Wildman–Crippen LogP) is 4.82. The van der Waals surface area contributed by atoms with E-state index in [1.54, 1.807) is 54.8 Å². The maximum atomic E-state index is 12.4. The van der Waals surface area contributed by atoms with Crippen molar-refractivity contribution in [1.82, 2.24) is 24.7 Å². The van der Waals surface area contributed by atoms with Crippen molar-refractivity contribution in [2.45, 2.75) is 23.8 Å². The molecule has 0 spiro atoms. The van der Waals surface area contributed by atoms with E-state index in [0.717, 1.165) is 35.2 Å². The number of hydrogen-bond donors (Lipinski definition) is 3. The maximum absolute atomic E-state index is 12.4. The molecule has 0 atom stereocenters. The summed E-state index contributed by atoms with van der Waals surface area (Å²) in [6, 6.07) is 10.4. The molecule has 1 aliphatic carbocycles. The predicted molar refractivity (Wildman–Crippen MR) is 148 cm³/mol. The summed E-state index contributed by atoms with van der Waals surface area (Å²) in [5, 5.41) is 6.51. The van der Waals surface area contributed by atoms with Crippen LogP contribution in [0.15, 0.2) is 64.4 Å². The van der Waals surface area contributed by atoms with Crippen LogP contribution in [0.25, 0.3) is 11.0 Å². The zero-order valence-electron chi connectivity index (χ0n) is 19.4. The number of halogens is 1. The van der Waals surface area contributed by atoms with E-state index in [-0.39, 0.29) is 10.9 Å². The monoisotopic (exact) mass is 586 g/mol. The Balaban J connectivity index is 1.39. The normalized spacial score (nSPS) is 13.5. The summed E-state index contributed by atoms with van der Waals surface area (Å²) >= 11 is 5.08. The summed E-state index contributed by atoms with van der Waals surface area (Å²) in [5.74, 6) is 0.909. The minimum absolute atomic E-state index is 0.0563. The van der Waals surface area contributed by atoms with E-state index in [2.05, 4.69) is 51.2 Å². The molecule has 13 heteroatoms. The van der Waals surface area contributed by atoms with E-state index in [0.29, 0.717) is 21.9 Å². The highest BCUT2D eigenvalue weighted by Crippen LogP contribution is 2.37. The number of hydrogen-bond acceptors (Lipinski definition) is 10. The van der Waals surface area contributed by atoms with Gasteiger partial charge in [-0.3, -0.25) is 9.97 Å². The molecule has 0 aliphatic heterocycles. The number of nitrogens with one attached hydrogen (secondary N) is 3. The van der Waals surface area contributed by atoms with Crippen LogP contribution in [0.1, 0.15) is 12.8 Å². The first-order chi connectivity index (χ1) is 17.3. The van der Waals surface area contributed by atoms with Crippen molar-refractivity contribution in [2.75, 3.05) is 28.2 Å². The molecule has 0 saturated heterocycles. The molecule has 186 valence electrons. The summed E-state index contributed by atoms with van der Waals surface area (Å²) in [4.78, 5) is 18.1. The van der Waals surface area contributed by atoms with Crippen molar-refractivity contribution in [1.29, 1.82) is 0 Å². The Bertz CT molecular complexity index is 1510. The Kier molecular flexibility index (Phi) is 6.97. The average Bonchev–Trinajstić information content (AvgIpc) is 3.69. The summed E-state index contributed by atoms with van der Waals surface area (Å²) in [5.41, 5.74) is 3.92. The maximum Gasteiger partial charge on any atom is 0.240 e. The summed E-state index contributed by atoms with van der Waals surface area (Å²) < 4.78 is 30.2. The molecule has 2 heterocycles. The minimum Gasteiger partial charge on any atom is -0.337 e. The van der Waals surface area contributed by atoms with Crippen molar-refractivity contribution in [3.63, 3.8) is 0 Å². The Morgan fingerprint density at radius 1 is 1.03 bits per heavy atom. The molecule has 5 rings (SSSR count). The molecule has 1 saturated carbocycles. The highest BCUT2D eigenvalue weighted by atomic mass is 79.9. The Morgan fingerprint density at radius 3 is 2.50 bits per heavy atom. The van der Waals surface area contributed by atoms with E-state index in [9.17, 15) is 8.42 Å². The van der Waals surface area contributed by atoms with Crippen LogP contribution in [-0.4, -0.2) is 47.7 Å². The zero-order valence-corrected chi connectivity index (χ0v) is 22.7. The number of sulfonamides is 1. The molecular weight excluding hydrogens is 564 g/mol. The topological polar surface area (TPSA) is 125 Å². The lowest BCUT2D eigenvalue weighted by Crippen LogP contribution is -2.25. The highest BCUT2D eigenvalue weighted by molar-refractivity contribution is 9.10. The quantitative estimate of drug-likeness (QED) is 0.235. The van der Waals surface area contributed by atoms with Crippen molar-refractivity contribution < 1.29 is 8.42 Å².